The molecule has 0 aliphatic heterocycles. The molecule has 0 saturated carbocycles. The number of hydrogen-bond acceptors (Lipinski definition) is 4. The van der Waals surface area contributed by atoms with Crippen LogP contribution in [0.15, 0.2) is 38.6 Å². The van der Waals surface area contributed by atoms with E-state index in [1.165, 1.54) is 0 Å². The van der Waals surface area contributed by atoms with Crippen molar-refractivity contribution >= 4 is 5.69 Å². The summed E-state index contributed by atoms with van der Waals surface area (Å²) in [5.41, 5.74) is 5.38. The van der Waals surface area contributed by atoms with E-state index in [1.54, 1.807) is 24.3 Å². The number of hydrogen-bond donors (Lipinski definition) is 1. The summed E-state index contributed by atoms with van der Waals surface area (Å²) in [6.07, 6.45) is 1.28. The molecule has 0 saturated heterocycles. The van der Waals surface area contributed by atoms with Crippen molar-refractivity contribution in [2.75, 3.05) is 5.73 Å². The van der Waals surface area contributed by atoms with Crippen LogP contribution in [0.3, 0.4) is 0 Å². The summed E-state index contributed by atoms with van der Waals surface area (Å²) < 4.78 is 3.38. The summed E-state index contributed by atoms with van der Waals surface area (Å²) in [6, 6.07) is 6.96. The van der Waals surface area contributed by atoms with Crippen molar-refractivity contribution in [3.63, 3.8) is 0 Å². The van der Waals surface area contributed by atoms with Gasteiger partial charge in [-0.3, -0.25) is 0 Å². The Hall–Kier alpha value is -2.57. The molecule has 0 unspecified atom stereocenters. The highest BCUT2D eigenvalue weighted by Crippen LogP contribution is 2.05. The molecule has 0 radical (unpaired) electrons. The lowest BCUT2D eigenvalue weighted by atomic mass is 10.2. The van der Waals surface area contributed by atoms with Crippen LogP contribution in [0.4, 0.5) is 5.69 Å². The predicted octanol–water partition coefficient (Wildman–Crippen LogP) is 0.622. The Labute approximate surface area is 133 Å². The molecule has 2 N–H and O–H groups in total. The van der Waals surface area contributed by atoms with Gasteiger partial charge in [0, 0.05) is 18.8 Å². The molecular formula is C16H22N4O3. The second-order valence-corrected chi connectivity index (χ2v) is 5.48. The SMILES string of the molecule is CCCn1c(=O)n(CCC)c(=O)n(Cc2ccc(N)cc2)c1=O. The van der Waals surface area contributed by atoms with E-state index < -0.39 is 17.1 Å². The Balaban J connectivity index is 2.61. The first kappa shape index (κ1) is 16.8. The monoisotopic (exact) mass is 318 g/mol. The van der Waals surface area contributed by atoms with Crippen LogP contribution in [0.2, 0.25) is 0 Å². The zero-order chi connectivity index (χ0) is 17.0. The van der Waals surface area contributed by atoms with E-state index in [0.29, 0.717) is 31.6 Å². The van der Waals surface area contributed by atoms with Gasteiger partial charge in [-0.2, -0.15) is 0 Å². The minimum Gasteiger partial charge on any atom is -0.399 e. The molecule has 1 heterocycles. The molecule has 2 rings (SSSR count). The molecule has 0 aliphatic rings. The first-order valence-corrected chi connectivity index (χ1v) is 7.78. The summed E-state index contributed by atoms with van der Waals surface area (Å²) in [5, 5.41) is 0. The Bertz CT molecular complexity index is 799. The third kappa shape index (κ3) is 3.44. The van der Waals surface area contributed by atoms with Crippen LogP contribution < -0.4 is 22.8 Å². The lowest BCUT2D eigenvalue weighted by Crippen LogP contribution is -2.54. The van der Waals surface area contributed by atoms with Crippen molar-refractivity contribution < 1.29 is 0 Å². The van der Waals surface area contributed by atoms with Gasteiger partial charge < -0.3 is 5.73 Å². The number of anilines is 1. The first-order valence-electron chi connectivity index (χ1n) is 7.78. The van der Waals surface area contributed by atoms with Crippen molar-refractivity contribution in [2.45, 2.75) is 46.3 Å². The molecule has 0 atom stereocenters. The molecule has 23 heavy (non-hydrogen) atoms. The molecule has 0 spiro atoms. The van der Waals surface area contributed by atoms with E-state index in [4.69, 9.17) is 5.73 Å². The first-order chi connectivity index (χ1) is 11.0. The maximum Gasteiger partial charge on any atom is 0.336 e. The van der Waals surface area contributed by atoms with Crippen LogP contribution in [0.25, 0.3) is 0 Å². The van der Waals surface area contributed by atoms with Crippen LogP contribution in [-0.2, 0) is 19.6 Å². The van der Waals surface area contributed by atoms with Gasteiger partial charge in [-0.15, -0.1) is 0 Å². The van der Waals surface area contributed by atoms with Crippen molar-refractivity contribution in [3.05, 3.63) is 61.3 Å². The summed E-state index contributed by atoms with van der Waals surface area (Å²) in [7, 11) is 0. The number of nitrogens with two attached hydrogens (primary N) is 1. The topological polar surface area (TPSA) is 92.0 Å². The van der Waals surface area contributed by atoms with Crippen LogP contribution in [0.1, 0.15) is 32.3 Å². The minimum absolute atomic E-state index is 0.117. The number of aromatic nitrogens is 3. The largest absolute Gasteiger partial charge is 0.399 e. The van der Waals surface area contributed by atoms with Gasteiger partial charge in [-0.05, 0) is 30.5 Å². The third-order valence-corrected chi connectivity index (χ3v) is 3.60. The molecule has 0 fully saturated rings. The van der Waals surface area contributed by atoms with Gasteiger partial charge in [0.15, 0.2) is 0 Å². The van der Waals surface area contributed by atoms with E-state index in [2.05, 4.69) is 0 Å². The van der Waals surface area contributed by atoms with Crippen molar-refractivity contribution in [1.29, 1.82) is 0 Å². The van der Waals surface area contributed by atoms with E-state index >= 15 is 0 Å². The molecule has 1 aromatic heterocycles. The summed E-state index contributed by atoms with van der Waals surface area (Å²) >= 11 is 0. The normalized spacial score (nSPS) is 10.9. The smallest absolute Gasteiger partial charge is 0.336 e. The van der Waals surface area contributed by atoms with E-state index in [-0.39, 0.29) is 6.54 Å². The second kappa shape index (κ2) is 7.13. The van der Waals surface area contributed by atoms with E-state index in [1.807, 2.05) is 13.8 Å². The Morgan fingerprint density at radius 3 is 1.65 bits per heavy atom. The van der Waals surface area contributed by atoms with E-state index in [0.717, 1.165) is 19.3 Å². The third-order valence-electron chi connectivity index (χ3n) is 3.60. The standard InChI is InChI=1S/C16H22N4O3/c1-3-9-18-14(21)19(10-4-2)16(23)20(15(18)22)11-12-5-7-13(17)8-6-12/h5-8H,3-4,9-11,17H2,1-2H3. The fourth-order valence-corrected chi connectivity index (χ4v) is 2.45. The fraction of sp³-hybridized carbons (Fsp3) is 0.438. The van der Waals surface area contributed by atoms with Gasteiger partial charge >= 0.3 is 17.1 Å². The summed E-state index contributed by atoms with van der Waals surface area (Å²) in [5.74, 6) is 0. The quantitative estimate of drug-likeness (QED) is 0.790. The zero-order valence-electron chi connectivity index (χ0n) is 13.5. The predicted molar refractivity (Wildman–Crippen MR) is 89.8 cm³/mol. The lowest BCUT2D eigenvalue weighted by molar-refractivity contribution is 0.453. The molecule has 124 valence electrons. The van der Waals surface area contributed by atoms with Gasteiger partial charge in [-0.1, -0.05) is 26.0 Å². The Morgan fingerprint density at radius 2 is 1.22 bits per heavy atom. The van der Waals surface area contributed by atoms with Crippen LogP contribution >= 0.6 is 0 Å². The van der Waals surface area contributed by atoms with Crippen molar-refractivity contribution in [1.82, 2.24) is 13.7 Å². The van der Waals surface area contributed by atoms with Crippen molar-refractivity contribution in [2.24, 2.45) is 0 Å². The average molecular weight is 318 g/mol. The number of rotatable bonds is 6. The van der Waals surface area contributed by atoms with Gasteiger partial charge in [-0.25, -0.2) is 28.1 Å². The molecule has 2 aromatic rings. The molecule has 0 bridgehead atoms. The molecule has 1 aromatic carbocycles. The number of nitrogens with zero attached hydrogens (tertiary/aromatic N) is 3. The lowest BCUT2D eigenvalue weighted by Gasteiger charge is -2.13. The highest BCUT2D eigenvalue weighted by atomic mass is 16.2. The fourth-order valence-electron chi connectivity index (χ4n) is 2.45. The zero-order valence-corrected chi connectivity index (χ0v) is 13.5. The number of nitrogen functional groups attached to an aromatic ring is 1. The average Bonchev–Trinajstić information content (AvgIpc) is 2.54. The van der Waals surface area contributed by atoms with E-state index in [9.17, 15) is 14.4 Å². The molecule has 7 nitrogen and oxygen atoms in total. The van der Waals surface area contributed by atoms with Gasteiger partial charge in [0.25, 0.3) is 0 Å². The Morgan fingerprint density at radius 1 is 0.783 bits per heavy atom. The van der Waals surface area contributed by atoms with Gasteiger partial charge in [0.2, 0.25) is 0 Å². The summed E-state index contributed by atoms with van der Waals surface area (Å²) in [4.78, 5) is 37.4. The molecular weight excluding hydrogens is 296 g/mol. The highest BCUT2D eigenvalue weighted by molar-refractivity contribution is 5.39. The molecule has 0 amide bonds. The number of benzene rings is 1. The second-order valence-electron chi connectivity index (χ2n) is 5.48. The van der Waals surface area contributed by atoms with Crippen LogP contribution in [0, 0.1) is 0 Å². The minimum atomic E-state index is -0.564. The van der Waals surface area contributed by atoms with Gasteiger partial charge in [0.1, 0.15) is 0 Å². The summed E-state index contributed by atoms with van der Waals surface area (Å²) in [6.45, 7) is 4.47. The highest BCUT2D eigenvalue weighted by Gasteiger charge is 2.14. The Kier molecular flexibility index (Phi) is 5.20. The molecule has 0 aliphatic carbocycles. The maximum absolute atomic E-state index is 12.5. The van der Waals surface area contributed by atoms with Crippen molar-refractivity contribution in [3.8, 4) is 0 Å². The maximum atomic E-state index is 12.5. The van der Waals surface area contributed by atoms with Gasteiger partial charge in [0.05, 0.1) is 6.54 Å². The molecule has 7 heteroatoms. The van der Waals surface area contributed by atoms with Crippen LogP contribution in [0.5, 0.6) is 0 Å². The van der Waals surface area contributed by atoms with Crippen LogP contribution in [-0.4, -0.2) is 13.7 Å².